The van der Waals surface area contributed by atoms with Crippen LogP contribution in [0.2, 0.25) is 0 Å². The molecule has 0 aromatic rings. The molecular weight excluding hydrogens is 186 g/mol. The quantitative estimate of drug-likeness (QED) is 0.654. The first-order chi connectivity index (χ1) is 6.97. The van der Waals surface area contributed by atoms with Gasteiger partial charge in [0.15, 0.2) is 0 Å². The first-order valence-electron chi connectivity index (χ1n) is 5.98. The molecule has 0 aliphatic rings. The summed E-state index contributed by atoms with van der Waals surface area (Å²) in [7, 11) is 8.52. The van der Waals surface area contributed by atoms with E-state index in [9.17, 15) is 0 Å². The van der Waals surface area contributed by atoms with Crippen LogP contribution in [0.5, 0.6) is 0 Å². The zero-order chi connectivity index (χ0) is 11.8. The van der Waals surface area contributed by atoms with Gasteiger partial charge in [-0.25, -0.2) is 0 Å². The second-order valence-corrected chi connectivity index (χ2v) is 5.06. The molecule has 1 atom stereocenters. The topological polar surface area (TPSA) is 18.5 Å². The van der Waals surface area contributed by atoms with Crippen molar-refractivity contribution in [3.05, 3.63) is 0 Å². The van der Waals surface area contributed by atoms with Gasteiger partial charge in [-0.3, -0.25) is 0 Å². The average molecular weight is 215 g/mol. The van der Waals surface area contributed by atoms with Gasteiger partial charge in [-0.15, -0.1) is 0 Å². The Kier molecular flexibility index (Phi) is 8.02. The third-order valence-electron chi connectivity index (χ3n) is 2.83. The van der Waals surface area contributed by atoms with Crippen LogP contribution in [0.25, 0.3) is 0 Å². The van der Waals surface area contributed by atoms with Gasteiger partial charge >= 0.3 is 0 Å². The van der Waals surface area contributed by atoms with E-state index >= 15 is 0 Å². The molecule has 0 heterocycles. The molecule has 0 aliphatic heterocycles. The van der Waals surface area contributed by atoms with E-state index in [-0.39, 0.29) is 0 Å². The first-order valence-corrected chi connectivity index (χ1v) is 5.98. The highest BCUT2D eigenvalue weighted by Crippen LogP contribution is 2.03. The lowest BCUT2D eigenvalue weighted by molar-refractivity contribution is 0.249. The van der Waals surface area contributed by atoms with Crippen LogP contribution in [0.4, 0.5) is 0 Å². The highest BCUT2D eigenvalue weighted by Gasteiger charge is 2.12. The fourth-order valence-corrected chi connectivity index (χ4v) is 1.72. The summed E-state index contributed by atoms with van der Waals surface area (Å²) in [4.78, 5) is 4.66. The standard InChI is InChI=1S/C12H29N3/c1-11(2)12(13-3)10-15(6)9-7-8-14(4)5/h11-13H,7-10H2,1-6H3/t12-/m0/s1. The molecule has 15 heavy (non-hydrogen) atoms. The van der Waals surface area contributed by atoms with Gasteiger partial charge in [0.05, 0.1) is 0 Å². The van der Waals surface area contributed by atoms with Gasteiger partial charge in [-0.1, -0.05) is 13.8 Å². The van der Waals surface area contributed by atoms with Crippen LogP contribution in [-0.2, 0) is 0 Å². The highest BCUT2D eigenvalue weighted by molar-refractivity contribution is 4.72. The van der Waals surface area contributed by atoms with Crippen molar-refractivity contribution in [2.45, 2.75) is 26.3 Å². The second-order valence-electron chi connectivity index (χ2n) is 5.06. The number of nitrogens with zero attached hydrogens (tertiary/aromatic N) is 2. The van der Waals surface area contributed by atoms with Gasteiger partial charge < -0.3 is 15.1 Å². The van der Waals surface area contributed by atoms with Crippen molar-refractivity contribution in [3.63, 3.8) is 0 Å². The molecule has 92 valence electrons. The highest BCUT2D eigenvalue weighted by atomic mass is 15.1. The Morgan fingerprint density at radius 2 is 1.67 bits per heavy atom. The van der Waals surface area contributed by atoms with Crippen LogP contribution >= 0.6 is 0 Å². The number of nitrogens with one attached hydrogen (secondary N) is 1. The predicted octanol–water partition coefficient (Wildman–Crippen LogP) is 1.11. The van der Waals surface area contributed by atoms with Crippen molar-refractivity contribution in [1.82, 2.24) is 15.1 Å². The largest absolute Gasteiger partial charge is 0.315 e. The van der Waals surface area contributed by atoms with E-state index < -0.39 is 0 Å². The Hall–Kier alpha value is -0.120. The minimum Gasteiger partial charge on any atom is -0.315 e. The molecule has 0 radical (unpaired) electrons. The molecule has 0 bridgehead atoms. The molecule has 0 amide bonds. The molecule has 1 N–H and O–H groups in total. The molecule has 0 aliphatic carbocycles. The second kappa shape index (κ2) is 8.08. The molecule has 0 aromatic heterocycles. The molecule has 0 spiro atoms. The summed E-state index contributed by atoms with van der Waals surface area (Å²) >= 11 is 0. The zero-order valence-electron chi connectivity index (χ0n) is 11.4. The van der Waals surface area contributed by atoms with Crippen LogP contribution < -0.4 is 5.32 Å². The van der Waals surface area contributed by atoms with Crippen molar-refractivity contribution >= 4 is 0 Å². The van der Waals surface area contributed by atoms with Crippen molar-refractivity contribution in [3.8, 4) is 0 Å². The number of hydrogen-bond donors (Lipinski definition) is 1. The lowest BCUT2D eigenvalue weighted by Crippen LogP contribution is -2.41. The Balaban J connectivity index is 3.66. The van der Waals surface area contributed by atoms with Gasteiger partial charge in [0, 0.05) is 12.6 Å². The van der Waals surface area contributed by atoms with E-state index in [0.717, 1.165) is 6.54 Å². The van der Waals surface area contributed by atoms with E-state index in [1.165, 1.54) is 19.5 Å². The molecule has 0 fully saturated rings. The number of rotatable bonds is 8. The summed E-state index contributed by atoms with van der Waals surface area (Å²) in [5, 5.41) is 3.38. The first kappa shape index (κ1) is 14.9. The maximum Gasteiger partial charge on any atom is 0.0214 e. The Bertz CT molecular complexity index is 146. The van der Waals surface area contributed by atoms with Gasteiger partial charge in [0.25, 0.3) is 0 Å². The van der Waals surface area contributed by atoms with E-state index in [4.69, 9.17) is 0 Å². The Morgan fingerprint density at radius 1 is 1.07 bits per heavy atom. The summed E-state index contributed by atoms with van der Waals surface area (Å²) in [6.45, 7) is 8.05. The normalized spacial score (nSPS) is 14.2. The lowest BCUT2D eigenvalue weighted by atomic mass is 10.0. The van der Waals surface area contributed by atoms with Crippen LogP contribution in [0.15, 0.2) is 0 Å². The smallest absolute Gasteiger partial charge is 0.0214 e. The molecule has 0 saturated carbocycles. The third kappa shape index (κ3) is 7.77. The van der Waals surface area contributed by atoms with Crippen LogP contribution in [0, 0.1) is 5.92 Å². The van der Waals surface area contributed by atoms with E-state index in [1.54, 1.807) is 0 Å². The number of hydrogen-bond acceptors (Lipinski definition) is 3. The monoisotopic (exact) mass is 215 g/mol. The maximum absolute atomic E-state index is 3.38. The molecule has 0 rings (SSSR count). The minimum absolute atomic E-state index is 0.606. The van der Waals surface area contributed by atoms with Crippen molar-refractivity contribution < 1.29 is 0 Å². The molecular formula is C12H29N3. The van der Waals surface area contributed by atoms with Crippen LogP contribution in [-0.4, -0.2) is 63.7 Å². The molecule has 0 aromatic carbocycles. The van der Waals surface area contributed by atoms with Crippen LogP contribution in [0.3, 0.4) is 0 Å². The molecule has 0 saturated heterocycles. The van der Waals surface area contributed by atoms with Crippen LogP contribution in [0.1, 0.15) is 20.3 Å². The third-order valence-corrected chi connectivity index (χ3v) is 2.83. The number of likely N-dealkylation sites (N-methyl/N-ethyl adjacent to an activating group) is 2. The fraction of sp³-hybridized carbons (Fsp3) is 1.00. The minimum atomic E-state index is 0.606. The summed E-state index contributed by atoms with van der Waals surface area (Å²) in [6.07, 6.45) is 1.25. The average Bonchev–Trinajstić information content (AvgIpc) is 2.13. The molecule has 3 heteroatoms. The summed E-state index contributed by atoms with van der Waals surface area (Å²) < 4.78 is 0. The predicted molar refractivity (Wildman–Crippen MR) is 68.4 cm³/mol. The Labute approximate surface area is 95.8 Å². The van der Waals surface area contributed by atoms with Gasteiger partial charge in [-0.2, -0.15) is 0 Å². The zero-order valence-corrected chi connectivity index (χ0v) is 11.4. The SMILES string of the molecule is CN[C@@H](CN(C)CCCN(C)C)C(C)C. The summed E-state index contributed by atoms with van der Waals surface area (Å²) in [6, 6.07) is 0.606. The van der Waals surface area contributed by atoms with E-state index in [0.29, 0.717) is 12.0 Å². The summed E-state index contributed by atoms with van der Waals surface area (Å²) in [5.74, 6) is 0.700. The maximum atomic E-state index is 3.38. The Morgan fingerprint density at radius 3 is 2.07 bits per heavy atom. The van der Waals surface area contributed by atoms with Gasteiger partial charge in [0.1, 0.15) is 0 Å². The van der Waals surface area contributed by atoms with E-state index in [2.05, 4.69) is 57.2 Å². The van der Waals surface area contributed by atoms with Crippen molar-refractivity contribution in [1.29, 1.82) is 0 Å². The van der Waals surface area contributed by atoms with Crippen molar-refractivity contribution in [2.75, 3.05) is 47.8 Å². The summed E-state index contributed by atoms with van der Waals surface area (Å²) in [5.41, 5.74) is 0. The van der Waals surface area contributed by atoms with Gasteiger partial charge in [-0.05, 0) is 53.6 Å². The van der Waals surface area contributed by atoms with E-state index in [1.807, 2.05) is 0 Å². The van der Waals surface area contributed by atoms with Crippen molar-refractivity contribution in [2.24, 2.45) is 5.92 Å². The molecule has 0 unspecified atom stereocenters. The van der Waals surface area contributed by atoms with Gasteiger partial charge in [0.2, 0.25) is 0 Å². The molecule has 3 nitrogen and oxygen atoms in total. The lowest BCUT2D eigenvalue weighted by Gasteiger charge is -2.26. The fourth-order valence-electron chi connectivity index (χ4n) is 1.72.